The fraction of sp³-hybridized carbons (Fsp3) is 0.200. The van der Waals surface area contributed by atoms with E-state index in [9.17, 15) is 5.11 Å². The summed E-state index contributed by atoms with van der Waals surface area (Å²) in [6.07, 6.45) is 0. The second-order valence-corrected chi connectivity index (χ2v) is 9.88. The second-order valence-electron chi connectivity index (χ2n) is 9.88. The maximum absolute atomic E-state index is 10.5. The fourth-order valence-electron chi connectivity index (χ4n) is 4.15. The molecule has 0 saturated heterocycles. The van der Waals surface area contributed by atoms with Crippen LogP contribution >= 0.6 is 0 Å². The third-order valence-corrected chi connectivity index (χ3v) is 6.98. The van der Waals surface area contributed by atoms with Crippen molar-refractivity contribution in [2.24, 2.45) is 0 Å². The molecule has 0 bridgehead atoms. The van der Waals surface area contributed by atoms with Gasteiger partial charge in [-0.05, 0) is 55.9 Å². The van der Waals surface area contributed by atoms with Crippen LogP contribution < -0.4 is 5.46 Å². The van der Waals surface area contributed by atoms with E-state index in [0.29, 0.717) is 7.48 Å². The first kappa shape index (κ1) is 22.5. The molecule has 5 rings (SSSR count). The predicted octanol–water partition coefficient (Wildman–Crippen LogP) is 6.46. The van der Waals surface area contributed by atoms with Crippen molar-refractivity contribution in [1.29, 1.82) is 0 Å². The molecular formula is C30H29BO3. The molecule has 1 heterocycles. The number of aliphatic hydroxyl groups is 1. The first-order chi connectivity index (χ1) is 16.2. The molecule has 0 atom stereocenters. The van der Waals surface area contributed by atoms with Crippen LogP contribution in [0.15, 0.2) is 95.4 Å². The van der Waals surface area contributed by atoms with Crippen LogP contribution in [0.2, 0.25) is 0 Å². The van der Waals surface area contributed by atoms with Crippen LogP contribution in [0.4, 0.5) is 0 Å². The minimum Gasteiger partial charge on any atom is -0.455 e. The van der Waals surface area contributed by atoms with Crippen molar-refractivity contribution >= 4 is 34.9 Å². The van der Waals surface area contributed by atoms with Gasteiger partial charge in [0.2, 0.25) is 0 Å². The van der Waals surface area contributed by atoms with E-state index < -0.39 is 11.2 Å². The zero-order valence-electron chi connectivity index (χ0n) is 20.1. The Morgan fingerprint density at radius 3 is 2.03 bits per heavy atom. The quantitative estimate of drug-likeness (QED) is 0.303. The van der Waals surface area contributed by atoms with Gasteiger partial charge in [0.05, 0.1) is 11.2 Å². The Bertz CT molecular complexity index is 1440. The number of hydrogen-bond donors (Lipinski definition) is 1. The van der Waals surface area contributed by atoms with E-state index in [2.05, 4.69) is 66.7 Å². The average Bonchev–Trinajstić information content (AvgIpc) is 3.22. The summed E-state index contributed by atoms with van der Waals surface area (Å²) in [4.78, 5) is 0. The number of hydrogen-bond acceptors (Lipinski definition) is 3. The van der Waals surface area contributed by atoms with E-state index in [0.717, 1.165) is 38.5 Å². The standard InChI is InChI=1S/C30H29BO3/c1-29(2,32)30(3,4)34-31-25-19-18-23(28-27(25)24-12-8-9-13-26(24)33-28)22-16-14-21(15-17-22)20-10-6-5-7-11-20/h5-19,31-32H,1-4H3. The van der Waals surface area contributed by atoms with Gasteiger partial charge in [0.1, 0.15) is 11.2 Å². The van der Waals surface area contributed by atoms with Gasteiger partial charge in [-0.2, -0.15) is 0 Å². The summed E-state index contributed by atoms with van der Waals surface area (Å²) in [6.45, 7) is 7.39. The smallest absolute Gasteiger partial charge is 0.310 e. The van der Waals surface area contributed by atoms with E-state index in [4.69, 9.17) is 9.07 Å². The molecular weight excluding hydrogens is 419 g/mol. The lowest BCUT2D eigenvalue weighted by atomic mass is 9.79. The lowest BCUT2D eigenvalue weighted by molar-refractivity contribution is -0.0893. The maximum Gasteiger partial charge on any atom is 0.310 e. The highest BCUT2D eigenvalue weighted by Gasteiger charge is 2.36. The van der Waals surface area contributed by atoms with Crippen LogP contribution in [0.3, 0.4) is 0 Å². The van der Waals surface area contributed by atoms with Crippen molar-refractivity contribution in [3.05, 3.63) is 91.0 Å². The summed E-state index contributed by atoms with van der Waals surface area (Å²) in [5.74, 6) is 0. The number of fused-ring (bicyclic) bond motifs is 3. The van der Waals surface area contributed by atoms with E-state index in [1.165, 1.54) is 11.1 Å². The van der Waals surface area contributed by atoms with Crippen molar-refractivity contribution < 1.29 is 14.2 Å². The molecule has 3 nitrogen and oxygen atoms in total. The van der Waals surface area contributed by atoms with Crippen LogP contribution in [-0.4, -0.2) is 23.8 Å². The zero-order valence-corrected chi connectivity index (χ0v) is 20.1. The number of rotatable bonds is 6. The molecule has 0 aliphatic heterocycles. The minimum absolute atomic E-state index is 0.379. The Labute approximate surface area is 201 Å². The van der Waals surface area contributed by atoms with Crippen LogP contribution in [0.1, 0.15) is 27.7 Å². The van der Waals surface area contributed by atoms with Gasteiger partial charge < -0.3 is 14.2 Å². The monoisotopic (exact) mass is 448 g/mol. The Morgan fingerprint density at radius 1 is 0.706 bits per heavy atom. The summed E-state index contributed by atoms with van der Waals surface area (Å²) >= 11 is 0. The second kappa shape index (κ2) is 8.46. The van der Waals surface area contributed by atoms with E-state index in [-0.39, 0.29) is 0 Å². The Balaban J connectivity index is 1.59. The topological polar surface area (TPSA) is 42.6 Å². The molecule has 0 amide bonds. The minimum atomic E-state index is -0.967. The van der Waals surface area contributed by atoms with Crippen LogP contribution in [0, 0.1) is 0 Å². The van der Waals surface area contributed by atoms with Crippen molar-refractivity contribution in [1.82, 2.24) is 0 Å². The fourth-order valence-corrected chi connectivity index (χ4v) is 4.15. The molecule has 0 radical (unpaired) electrons. The molecule has 0 saturated carbocycles. The van der Waals surface area contributed by atoms with Crippen molar-refractivity contribution in [3.8, 4) is 22.3 Å². The molecule has 170 valence electrons. The summed E-state index contributed by atoms with van der Waals surface area (Å²) in [5, 5.41) is 12.7. The van der Waals surface area contributed by atoms with E-state index in [1.54, 1.807) is 13.8 Å². The van der Waals surface area contributed by atoms with E-state index >= 15 is 0 Å². The summed E-state index contributed by atoms with van der Waals surface area (Å²) in [5.41, 5.74) is 5.63. The molecule has 4 heteroatoms. The molecule has 0 aliphatic carbocycles. The van der Waals surface area contributed by atoms with Gasteiger partial charge in [-0.3, -0.25) is 0 Å². The van der Waals surface area contributed by atoms with Gasteiger partial charge in [0.15, 0.2) is 0 Å². The largest absolute Gasteiger partial charge is 0.455 e. The van der Waals surface area contributed by atoms with Gasteiger partial charge in [-0.1, -0.05) is 84.9 Å². The SMILES string of the molecule is CC(C)(O)C(C)(C)OBc1ccc(-c2ccc(-c3ccccc3)cc2)c2oc3ccccc3c12. The normalized spacial score (nSPS) is 12.4. The summed E-state index contributed by atoms with van der Waals surface area (Å²) in [7, 11) is 0.379. The van der Waals surface area contributed by atoms with Crippen molar-refractivity contribution in [2.45, 2.75) is 38.9 Å². The number of para-hydroxylation sites is 1. The molecule has 34 heavy (non-hydrogen) atoms. The zero-order chi connectivity index (χ0) is 23.9. The van der Waals surface area contributed by atoms with Crippen molar-refractivity contribution in [2.75, 3.05) is 0 Å². The third-order valence-electron chi connectivity index (χ3n) is 6.98. The number of benzene rings is 4. The van der Waals surface area contributed by atoms with Gasteiger partial charge in [0.25, 0.3) is 0 Å². The Hall–Kier alpha value is -3.34. The lowest BCUT2D eigenvalue weighted by Gasteiger charge is -2.37. The van der Waals surface area contributed by atoms with Gasteiger partial charge >= 0.3 is 7.48 Å². The molecule has 0 unspecified atom stereocenters. The summed E-state index contributed by atoms with van der Waals surface area (Å²) in [6, 6.07) is 31.3. The molecule has 4 aromatic carbocycles. The molecule has 0 aliphatic rings. The van der Waals surface area contributed by atoms with Gasteiger partial charge in [-0.15, -0.1) is 0 Å². The summed E-state index contributed by atoms with van der Waals surface area (Å²) < 4.78 is 12.6. The van der Waals surface area contributed by atoms with Crippen molar-refractivity contribution in [3.63, 3.8) is 0 Å². The van der Waals surface area contributed by atoms with Gasteiger partial charge in [-0.25, -0.2) is 0 Å². The third kappa shape index (κ3) is 4.04. The van der Waals surface area contributed by atoms with E-state index in [1.807, 2.05) is 38.1 Å². The van der Waals surface area contributed by atoms with Gasteiger partial charge in [0, 0.05) is 16.3 Å². The maximum atomic E-state index is 10.5. The highest BCUT2D eigenvalue weighted by atomic mass is 16.5. The average molecular weight is 448 g/mol. The highest BCUT2D eigenvalue weighted by molar-refractivity contribution is 6.53. The highest BCUT2D eigenvalue weighted by Crippen LogP contribution is 2.36. The molecule has 0 fully saturated rings. The first-order valence-corrected chi connectivity index (χ1v) is 11.7. The van der Waals surface area contributed by atoms with Crippen LogP contribution in [0.5, 0.6) is 0 Å². The van der Waals surface area contributed by atoms with Crippen LogP contribution in [0.25, 0.3) is 44.2 Å². The Kier molecular flexibility index (Phi) is 5.59. The first-order valence-electron chi connectivity index (χ1n) is 11.7. The van der Waals surface area contributed by atoms with Crippen LogP contribution in [-0.2, 0) is 4.65 Å². The lowest BCUT2D eigenvalue weighted by Crippen LogP contribution is -2.49. The predicted molar refractivity (Wildman–Crippen MR) is 143 cm³/mol. The Morgan fingerprint density at radius 2 is 1.32 bits per heavy atom. The number of furan rings is 1. The molecule has 1 aromatic heterocycles. The molecule has 1 N–H and O–H groups in total. The molecule has 5 aromatic rings. The molecule has 0 spiro atoms.